The molecule has 1 aromatic heterocycles. The molecule has 188 valence electrons. The largest absolute Gasteiger partial charge is 0.324 e. The normalized spacial score (nSPS) is 18.3. The summed E-state index contributed by atoms with van der Waals surface area (Å²) in [7, 11) is 0. The fraction of sp³-hybridized carbons (Fsp3) is 0.233. The minimum Gasteiger partial charge on any atom is -0.324 e. The third kappa shape index (κ3) is 4.81. The lowest BCUT2D eigenvalue weighted by Crippen LogP contribution is -2.55. The van der Waals surface area contributed by atoms with Gasteiger partial charge in [0.2, 0.25) is 11.9 Å². The maximum Gasteiger partial charge on any atom is 0.227 e. The van der Waals surface area contributed by atoms with Gasteiger partial charge >= 0.3 is 0 Å². The predicted octanol–water partition coefficient (Wildman–Crippen LogP) is 8.04. The molecule has 0 fully saturated rings. The van der Waals surface area contributed by atoms with Crippen LogP contribution in [0.2, 0.25) is 10.0 Å². The van der Waals surface area contributed by atoms with E-state index in [1.54, 1.807) is 13.1 Å². The highest BCUT2D eigenvalue weighted by molar-refractivity contribution is 6.30. The maximum absolute atomic E-state index is 12.8. The maximum atomic E-state index is 12.8. The first-order valence-electron chi connectivity index (χ1n) is 12.1. The van der Waals surface area contributed by atoms with E-state index < -0.39 is 0 Å². The first-order chi connectivity index (χ1) is 17.6. The number of aromatic nitrogens is 2. The lowest BCUT2D eigenvalue weighted by molar-refractivity contribution is -0.117. The summed E-state index contributed by atoms with van der Waals surface area (Å²) in [5, 5.41) is 4.74. The van der Waals surface area contributed by atoms with Crippen molar-refractivity contribution in [3.05, 3.63) is 100 Å². The summed E-state index contributed by atoms with van der Waals surface area (Å²) in [4.78, 5) is 23.8. The number of carbonyl (C=O) groups excluding carboxylic acids is 1. The molecule has 37 heavy (non-hydrogen) atoms. The van der Waals surface area contributed by atoms with Crippen LogP contribution in [0.15, 0.2) is 79.0 Å². The van der Waals surface area contributed by atoms with Crippen LogP contribution in [0.5, 0.6) is 0 Å². The first-order valence-corrected chi connectivity index (χ1v) is 12.9. The van der Waals surface area contributed by atoms with Crippen LogP contribution in [0.25, 0.3) is 11.3 Å². The van der Waals surface area contributed by atoms with Crippen molar-refractivity contribution in [3.8, 4) is 11.3 Å². The minimum absolute atomic E-state index is 0.0177. The smallest absolute Gasteiger partial charge is 0.227 e. The highest BCUT2D eigenvalue weighted by atomic mass is 35.5. The highest BCUT2D eigenvalue weighted by Gasteiger charge is 2.47. The molecule has 2 heterocycles. The Labute approximate surface area is 227 Å². The molecule has 1 atom stereocenters. The molecular formula is C30H28Cl2N4O. The number of anilines is 3. The van der Waals surface area contributed by atoms with E-state index in [4.69, 9.17) is 28.2 Å². The number of rotatable bonds is 4. The van der Waals surface area contributed by atoms with E-state index in [0.29, 0.717) is 16.0 Å². The van der Waals surface area contributed by atoms with E-state index in [0.717, 1.165) is 40.2 Å². The fourth-order valence-electron chi connectivity index (χ4n) is 5.62. The molecule has 5 nitrogen and oxygen atoms in total. The number of carbonyl (C=O) groups is 1. The van der Waals surface area contributed by atoms with E-state index in [-0.39, 0.29) is 16.9 Å². The van der Waals surface area contributed by atoms with Gasteiger partial charge in [-0.2, -0.15) is 0 Å². The summed E-state index contributed by atoms with van der Waals surface area (Å²) in [5.74, 6) is 0.504. The Balaban J connectivity index is 1.57. The number of nitrogens with zero attached hydrogens (tertiary/aromatic N) is 3. The zero-order valence-corrected chi connectivity index (χ0v) is 22.7. The molecule has 0 radical (unpaired) electrons. The summed E-state index contributed by atoms with van der Waals surface area (Å²) >= 11 is 12.3. The molecule has 0 spiro atoms. The fourth-order valence-corrected chi connectivity index (χ4v) is 5.87. The van der Waals surface area contributed by atoms with Gasteiger partial charge in [-0.3, -0.25) is 4.79 Å². The van der Waals surface area contributed by atoms with Crippen LogP contribution in [-0.2, 0) is 10.2 Å². The van der Waals surface area contributed by atoms with Crippen molar-refractivity contribution in [2.45, 2.75) is 45.1 Å². The molecule has 1 N–H and O–H groups in total. The molecule has 7 heteroatoms. The van der Waals surface area contributed by atoms with Crippen molar-refractivity contribution in [3.63, 3.8) is 0 Å². The second kappa shape index (κ2) is 9.47. The molecule has 3 aromatic carbocycles. The molecule has 1 unspecified atom stereocenters. The van der Waals surface area contributed by atoms with Crippen LogP contribution >= 0.6 is 23.2 Å². The highest BCUT2D eigenvalue weighted by Crippen LogP contribution is 2.51. The summed E-state index contributed by atoms with van der Waals surface area (Å²) in [6, 6.07) is 23.5. The van der Waals surface area contributed by atoms with Gasteiger partial charge in [-0.15, -0.1) is 0 Å². The average molecular weight is 531 g/mol. The second-order valence-electron chi connectivity index (χ2n) is 10.3. The molecule has 5 rings (SSSR count). The van der Waals surface area contributed by atoms with Crippen LogP contribution in [0.3, 0.4) is 0 Å². The number of benzene rings is 3. The van der Waals surface area contributed by atoms with Crippen LogP contribution in [0.4, 0.5) is 17.3 Å². The Kier molecular flexibility index (Phi) is 6.47. The zero-order valence-electron chi connectivity index (χ0n) is 21.2. The molecule has 4 aromatic rings. The van der Waals surface area contributed by atoms with Gasteiger partial charge in [0.05, 0.1) is 5.69 Å². The van der Waals surface area contributed by atoms with Crippen LogP contribution in [0, 0.1) is 0 Å². The number of amides is 1. The van der Waals surface area contributed by atoms with Gasteiger partial charge in [-0.1, -0.05) is 54.4 Å². The Morgan fingerprint density at radius 2 is 1.57 bits per heavy atom. The Bertz CT molecular complexity index is 1470. The monoisotopic (exact) mass is 530 g/mol. The van der Waals surface area contributed by atoms with Crippen molar-refractivity contribution in [2.75, 3.05) is 10.2 Å². The Morgan fingerprint density at radius 1 is 0.919 bits per heavy atom. The third-order valence-electron chi connectivity index (χ3n) is 7.07. The van der Waals surface area contributed by atoms with E-state index in [1.165, 1.54) is 0 Å². The van der Waals surface area contributed by atoms with Crippen molar-refractivity contribution < 1.29 is 4.79 Å². The predicted molar refractivity (Wildman–Crippen MR) is 152 cm³/mol. The van der Waals surface area contributed by atoms with Gasteiger partial charge in [-0.25, -0.2) is 9.97 Å². The number of nitrogens with one attached hydrogen (secondary N) is 1. The van der Waals surface area contributed by atoms with E-state index >= 15 is 0 Å². The van der Waals surface area contributed by atoms with E-state index in [9.17, 15) is 4.79 Å². The SMILES string of the molecule is CC(=O)N1c2ccc(Nc3nccc(-c4ccc(Cl)cc4)n3)cc2C(C)(c2ccc(Cl)cc2)CC1(C)C. The lowest BCUT2D eigenvalue weighted by atomic mass is 9.65. The molecule has 1 aliphatic rings. The van der Waals surface area contributed by atoms with Crippen molar-refractivity contribution in [1.29, 1.82) is 0 Å². The summed E-state index contributed by atoms with van der Waals surface area (Å²) in [6.45, 7) is 8.09. The van der Waals surface area contributed by atoms with Gasteiger partial charge in [0.25, 0.3) is 0 Å². The molecular weight excluding hydrogens is 503 g/mol. The third-order valence-corrected chi connectivity index (χ3v) is 7.58. The summed E-state index contributed by atoms with van der Waals surface area (Å²) in [6.07, 6.45) is 2.48. The van der Waals surface area contributed by atoms with Gasteiger partial charge in [0.15, 0.2) is 0 Å². The van der Waals surface area contributed by atoms with Crippen molar-refractivity contribution in [1.82, 2.24) is 9.97 Å². The van der Waals surface area contributed by atoms with Crippen molar-refractivity contribution in [2.24, 2.45) is 0 Å². The van der Waals surface area contributed by atoms with Gasteiger partial charge < -0.3 is 10.2 Å². The standard InChI is InChI=1S/C30H28Cl2N4O/c1-19(37)36-27-14-13-24(34-28-33-16-15-26(35-28)20-5-9-22(31)10-6-20)17-25(27)30(4,18-29(36,2)3)21-7-11-23(32)12-8-21/h5-17H,18H2,1-4H3,(H,33,34,35). The quantitative estimate of drug-likeness (QED) is 0.290. The molecule has 0 saturated heterocycles. The first kappa shape index (κ1) is 25.2. The number of fused-ring (bicyclic) bond motifs is 1. The van der Waals surface area contributed by atoms with Crippen LogP contribution < -0.4 is 10.2 Å². The topological polar surface area (TPSA) is 58.1 Å². The number of hydrogen-bond acceptors (Lipinski definition) is 4. The number of hydrogen-bond donors (Lipinski definition) is 1. The van der Waals surface area contributed by atoms with Gasteiger partial charge in [-0.05, 0) is 79.9 Å². The number of halogens is 2. The summed E-state index contributed by atoms with van der Waals surface area (Å²) in [5.41, 5.74) is 4.98. The molecule has 1 amide bonds. The molecule has 0 bridgehead atoms. The van der Waals surface area contributed by atoms with Gasteiger partial charge in [0.1, 0.15) is 0 Å². The molecule has 1 aliphatic heterocycles. The lowest BCUT2D eigenvalue weighted by Gasteiger charge is -2.51. The molecule has 0 saturated carbocycles. The molecule has 0 aliphatic carbocycles. The Hall–Kier alpha value is -3.41. The second-order valence-corrected chi connectivity index (χ2v) is 11.2. The minimum atomic E-state index is -0.377. The van der Waals surface area contributed by atoms with E-state index in [1.807, 2.05) is 59.5 Å². The van der Waals surface area contributed by atoms with Crippen molar-refractivity contribution >= 4 is 46.4 Å². The Morgan fingerprint density at radius 3 is 2.22 bits per heavy atom. The van der Waals surface area contributed by atoms with E-state index in [2.05, 4.69) is 49.3 Å². The van der Waals surface area contributed by atoms with Crippen LogP contribution in [0.1, 0.15) is 45.2 Å². The summed E-state index contributed by atoms with van der Waals surface area (Å²) < 4.78 is 0. The van der Waals surface area contributed by atoms with Crippen LogP contribution in [-0.4, -0.2) is 21.4 Å². The zero-order chi connectivity index (χ0) is 26.4. The average Bonchev–Trinajstić information content (AvgIpc) is 2.84. The van der Waals surface area contributed by atoms with Gasteiger partial charge in [0, 0.05) is 51.1 Å².